The molecule has 1 aliphatic carbocycles. The third-order valence-corrected chi connectivity index (χ3v) is 7.81. The standard InChI is InChI=1S/C31H29NO22/c1-10(33)49-19-20(50-11(2)34)22-31(54-30(43)28(41)46-7,23(52-13(4)36)21(19)51-12(3)35)14-8-15-17(48-9-47-15)18(53-29(42)27(40)45-6)16(14)24(37)32(22)25(38)26(39)44-5/h8,19-23H,9H2,1-7H3/t19-,20+,21+,22-,23-,31+/m0/s1. The number of amides is 2. The van der Waals surface area contributed by atoms with Gasteiger partial charge in [0.25, 0.3) is 5.91 Å². The van der Waals surface area contributed by atoms with E-state index in [1.54, 1.807) is 0 Å². The van der Waals surface area contributed by atoms with E-state index in [0.717, 1.165) is 48.0 Å². The molecule has 23 heteroatoms. The smallest absolute Gasteiger partial charge is 0.423 e. The topological polar surface area (TPSA) is 293 Å². The van der Waals surface area contributed by atoms with Gasteiger partial charge in [-0.1, -0.05) is 0 Å². The van der Waals surface area contributed by atoms with Crippen LogP contribution in [0.15, 0.2) is 6.07 Å². The first-order chi connectivity index (χ1) is 25.3. The van der Waals surface area contributed by atoms with E-state index >= 15 is 0 Å². The van der Waals surface area contributed by atoms with Crippen molar-refractivity contribution in [3.63, 3.8) is 0 Å². The average Bonchev–Trinajstić information content (AvgIpc) is 3.58. The van der Waals surface area contributed by atoms with Gasteiger partial charge in [-0.15, -0.1) is 0 Å². The SMILES string of the molecule is COC(=O)C(=O)Oc1c2c(cc3c1C(=O)N(C(=O)C(=O)OC)[C@H]1[C@H](OC(C)=O)[C@H](OC(C)=O)[C@@H](OC(C)=O)[C@H](OC(C)=O)[C@@]31OC(=O)C(=O)OC)OCO2. The molecule has 0 N–H and O–H groups in total. The van der Waals surface area contributed by atoms with E-state index in [1.807, 2.05) is 0 Å². The minimum Gasteiger partial charge on any atom is -0.462 e. The Balaban J connectivity index is 2.35. The highest BCUT2D eigenvalue weighted by molar-refractivity contribution is 6.37. The molecule has 23 nitrogen and oxygen atoms in total. The normalized spacial score (nSPS) is 23.2. The predicted octanol–water partition coefficient (Wildman–Crippen LogP) is -2.33. The summed E-state index contributed by atoms with van der Waals surface area (Å²) < 4.78 is 57.0. The lowest BCUT2D eigenvalue weighted by Crippen LogP contribution is -2.79. The second-order valence-corrected chi connectivity index (χ2v) is 11.1. The molecule has 6 atom stereocenters. The summed E-state index contributed by atoms with van der Waals surface area (Å²) in [4.78, 5) is 144. The average molecular weight is 768 g/mol. The van der Waals surface area contributed by atoms with E-state index in [2.05, 4.69) is 14.2 Å². The molecular weight excluding hydrogens is 738 g/mol. The lowest BCUT2D eigenvalue weighted by atomic mass is 9.64. The van der Waals surface area contributed by atoms with Crippen molar-refractivity contribution in [3.8, 4) is 17.2 Å². The summed E-state index contributed by atoms with van der Waals surface area (Å²) in [5.74, 6) is -19.8. The number of fused-ring (bicyclic) bond motifs is 4. The lowest BCUT2D eigenvalue weighted by molar-refractivity contribution is -0.277. The first-order valence-corrected chi connectivity index (χ1v) is 15.1. The number of esters is 9. The summed E-state index contributed by atoms with van der Waals surface area (Å²) in [5.41, 5.74) is -5.20. The highest BCUT2D eigenvalue weighted by Crippen LogP contribution is 2.57. The fourth-order valence-electron chi connectivity index (χ4n) is 6.10. The van der Waals surface area contributed by atoms with Gasteiger partial charge in [0, 0.05) is 33.3 Å². The first kappa shape index (κ1) is 40.0. The zero-order valence-corrected chi connectivity index (χ0v) is 29.1. The van der Waals surface area contributed by atoms with Gasteiger partial charge in [-0.25, -0.2) is 24.0 Å². The van der Waals surface area contributed by atoms with Crippen molar-refractivity contribution in [2.24, 2.45) is 0 Å². The molecule has 1 aromatic carbocycles. The molecule has 0 spiro atoms. The molecule has 0 unspecified atom stereocenters. The number of hydrogen-bond acceptors (Lipinski definition) is 22. The van der Waals surface area contributed by atoms with Crippen LogP contribution in [0.4, 0.5) is 0 Å². The predicted molar refractivity (Wildman–Crippen MR) is 159 cm³/mol. The molecule has 2 heterocycles. The second-order valence-electron chi connectivity index (χ2n) is 11.1. The maximum Gasteiger partial charge on any atom is 0.423 e. The van der Waals surface area contributed by atoms with Gasteiger partial charge < -0.3 is 52.1 Å². The number of imide groups is 1. The summed E-state index contributed by atoms with van der Waals surface area (Å²) in [6.45, 7) is 2.55. The third-order valence-electron chi connectivity index (χ3n) is 7.81. The first-order valence-electron chi connectivity index (χ1n) is 15.1. The van der Waals surface area contributed by atoms with E-state index in [0.29, 0.717) is 7.11 Å². The molecule has 1 aromatic rings. The van der Waals surface area contributed by atoms with Crippen molar-refractivity contribution in [1.29, 1.82) is 0 Å². The molecule has 0 bridgehead atoms. The van der Waals surface area contributed by atoms with E-state index in [9.17, 15) is 52.7 Å². The van der Waals surface area contributed by atoms with Crippen LogP contribution in [0.2, 0.25) is 0 Å². The molecule has 290 valence electrons. The Labute approximate surface area is 301 Å². The van der Waals surface area contributed by atoms with Gasteiger partial charge in [0.05, 0.1) is 26.9 Å². The molecule has 3 aliphatic rings. The quantitative estimate of drug-likeness (QED) is 0.127. The van der Waals surface area contributed by atoms with Gasteiger partial charge >= 0.3 is 59.6 Å². The monoisotopic (exact) mass is 767 g/mol. The molecule has 2 aliphatic heterocycles. The highest BCUT2D eigenvalue weighted by atomic mass is 16.7. The zero-order valence-electron chi connectivity index (χ0n) is 29.1. The largest absolute Gasteiger partial charge is 0.462 e. The molecule has 0 saturated heterocycles. The van der Waals surface area contributed by atoms with Crippen molar-refractivity contribution in [1.82, 2.24) is 4.90 Å². The molecule has 1 saturated carbocycles. The van der Waals surface area contributed by atoms with E-state index < -0.39 is 137 Å². The number of carbonyl (C=O) groups is 11. The Morgan fingerprint density at radius 2 is 1.19 bits per heavy atom. The zero-order chi connectivity index (χ0) is 40.4. The van der Waals surface area contributed by atoms with Gasteiger partial charge in [0.2, 0.25) is 18.1 Å². The Bertz CT molecular complexity index is 1870. The molecular formula is C31H29NO22. The van der Waals surface area contributed by atoms with E-state index in [4.69, 9.17) is 37.9 Å². The van der Waals surface area contributed by atoms with Crippen LogP contribution in [0.5, 0.6) is 17.2 Å². The van der Waals surface area contributed by atoms with Crippen LogP contribution in [0.3, 0.4) is 0 Å². The Morgan fingerprint density at radius 3 is 1.72 bits per heavy atom. The van der Waals surface area contributed by atoms with Crippen molar-refractivity contribution in [2.45, 2.75) is 63.8 Å². The van der Waals surface area contributed by atoms with Gasteiger partial charge in [-0.05, 0) is 6.07 Å². The number of nitrogens with zero attached hydrogens (tertiary/aromatic N) is 1. The van der Waals surface area contributed by atoms with Crippen LogP contribution in [0, 0.1) is 0 Å². The number of rotatable bonds is 6. The van der Waals surface area contributed by atoms with Gasteiger partial charge in [0.15, 0.2) is 35.9 Å². The lowest BCUT2D eigenvalue weighted by Gasteiger charge is -2.58. The van der Waals surface area contributed by atoms with Crippen LogP contribution < -0.4 is 14.2 Å². The molecule has 1 fully saturated rings. The Morgan fingerprint density at radius 1 is 0.667 bits per heavy atom. The number of hydrogen-bond donors (Lipinski definition) is 0. The Hall–Kier alpha value is -6.81. The van der Waals surface area contributed by atoms with Gasteiger partial charge in [0.1, 0.15) is 6.04 Å². The van der Waals surface area contributed by atoms with Crippen LogP contribution in [-0.4, -0.2) is 129 Å². The minimum absolute atomic E-state index is 0.0685. The van der Waals surface area contributed by atoms with Crippen molar-refractivity contribution in [3.05, 3.63) is 17.2 Å². The van der Waals surface area contributed by atoms with Crippen molar-refractivity contribution < 1.29 is 105 Å². The fraction of sp³-hybridized carbons (Fsp3) is 0.452. The molecule has 2 amide bonds. The molecule has 0 aromatic heterocycles. The maximum absolute atomic E-state index is 14.8. The summed E-state index contributed by atoms with van der Waals surface area (Å²) >= 11 is 0. The molecule has 4 rings (SSSR count). The number of ether oxygens (including phenoxy) is 11. The number of carbonyl (C=O) groups excluding carboxylic acids is 11. The van der Waals surface area contributed by atoms with Crippen LogP contribution in [0.25, 0.3) is 0 Å². The summed E-state index contributed by atoms with van der Waals surface area (Å²) in [5, 5.41) is 0. The minimum atomic E-state index is -3.27. The number of methoxy groups -OCH3 is 3. The van der Waals surface area contributed by atoms with Crippen LogP contribution in [-0.2, 0) is 91.4 Å². The molecule has 0 radical (unpaired) electrons. The van der Waals surface area contributed by atoms with E-state index in [1.165, 1.54) is 0 Å². The van der Waals surface area contributed by atoms with Gasteiger partial charge in [-0.3, -0.25) is 33.7 Å². The highest BCUT2D eigenvalue weighted by Gasteiger charge is 2.74. The summed E-state index contributed by atoms with van der Waals surface area (Å²) in [6.07, 6.45) is -9.31. The van der Waals surface area contributed by atoms with Crippen molar-refractivity contribution >= 4 is 65.5 Å². The summed E-state index contributed by atoms with van der Waals surface area (Å²) in [7, 11) is 2.23. The third kappa shape index (κ3) is 7.01. The maximum atomic E-state index is 14.8. The Kier molecular flexibility index (Phi) is 11.4. The second kappa shape index (κ2) is 15.4. The van der Waals surface area contributed by atoms with Crippen LogP contribution >= 0.6 is 0 Å². The summed E-state index contributed by atoms with van der Waals surface area (Å²) in [6, 6.07) is -1.73. The van der Waals surface area contributed by atoms with Crippen LogP contribution in [0.1, 0.15) is 43.6 Å². The fourth-order valence-corrected chi connectivity index (χ4v) is 6.10. The number of benzene rings is 1. The van der Waals surface area contributed by atoms with Crippen molar-refractivity contribution in [2.75, 3.05) is 28.1 Å². The van der Waals surface area contributed by atoms with E-state index in [-0.39, 0.29) is 4.90 Å². The van der Waals surface area contributed by atoms with Gasteiger partial charge in [-0.2, -0.15) is 0 Å². The molecule has 54 heavy (non-hydrogen) atoms.